The maximum Gasteiger partial charge on any atom is 0.180 e. The Morgan fingerprint density at radius 1 is 0.857 bits per heavy atom. The number of benzene rings is 2. The highest BCUT2D eigenvalue weighted by atomic mass is 15.1. The fourth-order valence-corrected chi connectivity index (χ4v) is 3.56. The lowest BCUT2D eigenvalue weighted by Gasteiger charge is -2.09. The summed E-state index contributed by atoms with van der Waals surface area (Å²) in [6.45, 7) is 0.773. The number of hydrogen-bond acceptors (Lipinski definition) is 4. The number of nitrogens with zero attached hydrogens (tertiary/aromatic N) is 4. The van der Waals surface area contributed by atoms with E-state index >= 15 is 0 Å². The van der Waals surface area contributed by atoms with Gasteiger partial charge in [0.25, 0.3) is 0 Å². The van der Waals surface area contributed by atoms with Gasteiger partial charge in [0.2, 0.25) is 0 Å². The lowest BCUT2D eigenvalue weighted by molar-refractivity contribution is 0.987. The quantitative estimate of drug-likeness (QED) is 0.495. The van der Waals surface area contributed by atoms with E-state index in [1.54, 1.807) is 6.20 Å². The third kappa shape index (κ3) is 2.97. The average molecular weight is 365 g/mol. The second-order valence-electron chi connectivity index (χ2n) is 6.68. The normalized spacial score (nSPS) is 11.1. The summed E-state index contributed by atoms with van der Waals surface area (Å²) < 4.78 is 2.10. The van der Waals surface area contributed by atoms with Crippen LogP contribution in [0.5, 0.6) is 0 Å². The topological polar surface area (TPSA) is 55.1 Å². The summed E-state index contributed by atoms with van der Waals surface area (Å²) in [5, 5.41) is 5.85. The molecular weight excluding hydrogens is 346 g/mol. The minimum absolute atomic E-state index is 0.773. The molecule has 5 aromatic rings. The highest BCUT2D eigenvalue weighted by Gasteiger charge is 2.12. The van der Waals surface area contributed by atoms with Gasteiger partial charge in [0.1, 0.15) is 0 Å². The van der Waals surface area contributed by atoms with Crippen LogP contribution in [-0.2, 0) is 6.42 Å². The van der Waals surface area contributed by atoms with Crippen molar-refractivity contribution in [2.24, 2.45) is 0 Å². The predicted octanol–water partition coefficient (Wildman–Crippen LogP) is 4.60. The zero-order valence-electron chi connectivity index (χ0n) is 15.3. The summed E-state index contributed by atoms with van der Waals surface area (Å²) in [7, 11) is 0. The standard InChI is InChI=1S/C23H19N5/c1-2-8-19-18(6-1)7-3-9-20(19)21-16-27-23-22(26-13-14-28(21)23)25-12-10-17-5-4-11-24-15-17/h1-9,11,13-16H,10,12H2,(H,25,26). The van der Waals surface area contributed by atoms with E-state index in [0.29, 0.717) is 0 Å². The number of anilines is 1. The lowest BCUT2D eigenvalue weighted by atomic mass is 10.0. The summed E-state index contributed by atoms with van der Waals surface area (Å²) in [6, 6.07) is 18.8. The molecule has 0 radical (unpaired) electrons. The molecule has 136 valence electrons. The maximum atomic E-state index is 4.65. The van der Waals surface area contributed by atoms with Crippen LogP contribution in [-0.4, -0.2) is 25.9 Å². The van der Waals surface area contributed by atoms with Crippen molar-refractivity contribution in [3.63, 3.8) is 0 Å². The van der Waals surface area contributed by atoms with E-state index in [0.717, 1.165) is 35.7 Å². The predicted molar refractivity (Wildman–Crippen MR) is 112 cm³/mol. The van der Waals surface area contributed by atoms with Crippen LogP contribution in [0, 0.1) is 0 Å². The molecule has 2 aromatic carbocycles. The molecule has 0 atom stereocenters. The molecule has 0 aliphatic rings. The zero-order valence-corrected chi connectivity index (χ0v) is 15.3. The second kappa shape index (κ2) is 7.12. The van der Waals surface area contributed by atoms with Gasteiger partial charge in [0, 0.05) is 36.9 Å². The molecular formula is C23H19N5. The van der Waals surface area contributed by atoms with Crippen molar-refractivity contribution in [2.45, 2.75) is 6.42 Å². The van der Waals surface area contributed by atoms with Crippen molar-refractivity contribution in [1.82, 2.24) is 19.4 Å². The molecule has 0 spiro atoms. The van der Waals surface area contributed by atoms with E-state index < -0.39 is 0 Å². The first-order chi connectivity index (χ1) is 13.9. The molecule has 3 heterocycles. The zero-order chi connectivity index (χ0) is 18.8. The van der Waals surface area contributed by atoms with Crippen molar-refractivity contribution < 1.29 is 0 Å². The van der Waals surface area contributed by atoms with Crippen molar-refractivity contribution in [1.29, 1.82) is 0 Å². The van der Waals surface area contributed by atoms with Gasteiger partial charge in [-0.25, -0.2) is 9.97 Å². The number of pyridine rings is 1. The third-order valence-corrected chi connectivity index (χ3v) is 4.92. The Morgan fingerprint density at radius 2 is 1.79 bits per heavy atom. The molecule has 0 unspecified atom stereocenters. The highest BCUT2D eigenvalue weighted by molar-refractivity contribution is 5.96. The molecule has 3 aromatic heterocycles. The Balaban J connectivity index is 1.48. The fourth-order valence-electron chi connectivity index (χ4n) is 3.56. The van der Waals surface area contributed by atoms with Crippen LogP contribution in [0.3, 0.4) is 0 Å². The highest BCUT2D eigenvalue weighted by Crippen LogP contribution is 2.30. The molecule has 0 aliphatic heterocycles. The van der Waals surface area contributed by atoms with Gasteiger partial charge in [-0.15, -0.1) is 0 Å². The van der Waals surface area contributed by atoms with E-state index in [1.165, 1.54) is 16.3 Å². The van der Waals surface area contributed by atoms with Crippen LogP contribution in [0.15, 0.2) is 85.6 Å². The Bertz CT molecular complexity index is 1240. The molecule has 0 aliphatic carbocycles. The van der Waals surface area contributed by atoms with Gasteiger partial charge in [-0.05, 0) is 28.8 Å². The van der Waals surface area contributed by atoms with E-state index in [9.17, 15) is 0 Å². The molecule has 0 saturated heterocycles. The van der Waals surface area contributed by atoms with Gasteiger partial charge in [0.15, 0.2) is 11.5 Å². The van der Waals surface area contributed by atoms with Crippen LogP contribution in [0.4, 0.5) is 5.82 Å². The average Bonchev–Trinajstić information content (AvgIpc) is 3.19. The summed E-state index contributed by atoms with van der Waals surface area (Å²) in [5.41, 5.74) is 4.25. The van der Waals surface area contributed by atoms with E-state index in [2.05, 4.69) is 73.2 Å². The number of aromatic nitrogens is 4. The Hall–Kier alpha value is -3.73. The molecule has 0 saturated carbocycles. The SMILES string of the molecule is c1cncc(CCNc2nccn3c(-c4cccc5ccccc45)cnc23)c1. The minimum Gasteiger partial charge on any atom is -0.367 e. The molecule has 1 N–H and O–H groups in total. The van der Waals surface area contributed by atoms with Gasteiger partial charge in [0.05, 0.1) is 11.9 Å². The molecule has 0 bridgehead atoms. The van der Waals surface area contributed by atoms with Crippen LogP contribution in [0.25, 0.3) is 27.7 Å². The number of imidazole rings is 1. The summed E-state index contributed by atoms with van der Waals surface area (Å²) >= 11 is 0. The van der Waals surface area contributed by atoms with Gasteiger partial charge in [-0.3, -0.25) is 9.38 Å². The molecule has 5 nitrogen and oxygen atoms in total. The molecule has 0 amide bonds. The Morgan fingerprint density at radius 3 is 2.71 bits per heavy atom. The summed E-state index contributed by atoms with van der Waals surface area (Å²) in [4.78, 5) is 13.3. The molecule has 0 fully saturated rings. The lowest BCUT2D eigenvalue weighted by Crippen LogP contribution is -2.08. The van der Waals surface area contributed by atoms with Gasteiger partial charge < -0.3 is 5.32 Å². The molecule has 28 heavy (non-hydrogen) atoms. The van der Waals surface area contributed by atoms with Crippen molar-refractivity contribution in [3.8, 4) is 11.3 Å². The van der Waals surface area contributed by atoms with Crippen molar-refractivity contribution in [2.75, 3.05) is 11.9 Å². The third-order valence-electron chi connectivity index (χ3n) is 4.92. The first kappa shape index (κ1) is 16.4. The van der Waals surface area contributed by atoms with Crippen LogP contribution < -0.4 is 5.32 Å². The van der Waals surface area contributed by atoms with Crippen LogP contribution in [0.2, 0.25) is 0 Å². The van der Waals surface area contributed by atoms with Gasteiger partial charge >= 0.3 is 0 Å². The van der Waals surface area contributed by atoms with Crippen molar-refractivity contribution >= 4 is 22.2 Å². The number of fused-ring (bicyclic) bond motifs is 2. The van der Waals surface area contributed by atoms with Crippen molar-refractivity contribution in [3.05, 3.63) is 91.1 Å². The Kier molecular flexibility index (Phi) is 4.18. The maximum absolute atomic E-state index is 4.65. The Labute approximate surface area is 162 Å². The first-order valence-electron chi connectivity index (χ1n) is 9.33. The van der Waals surface area contributed by atoms with Crippen LogP contribution in [0.1, 0.15) is 5.56 Å². The monoisotopic (exact) mass is 365 g/mol. The summed E-state index contributed by atoms with van der Waals surface area (Å²) in [5.74, 6) is 0.790. The number of nitrogens with one attached hydrogen (secondary N) is 1. The molecule has 5 heteroatoms. The largest absolute Gasteiger partial charge is 0.367 e. The van der Waals surface area contributed by atoms with Gasteiger partial charge in [-0.2, -0.15) is 0 Å². The van der Waals surface area contributed by atoms with Crippen LogP contribution >= 0.6 is 0 Å². The van der Waals surface area contributed by atoms with E-state index in [4.69, 9.17) is 0 Å². The fraction of sp³-hybridized carbons (Fsp3) is 0.0870. The molecule has 5 rings (SSSR count). The number of rotatable bonds is 5. The first-order valence-corrected chi connectivity index (χ1v) is 9.33. The smallest absolute Gasteiger partial charge is 0.180 e. The van der Waals surface area contributed by atoms with Gasteiger partial charge in [-0.1, -0.05) is 48.5 Å². The second-order valence-corrected chi connectivity index (χ2v) is 6.68. The van der Waals surface area contributed by atoms with E-state index in [1.807, 2.05) is 30.9 Å². The van der Waals surface area contributed by atoms with E-state index in [-0.39, 0.29) is 0 Å². The number of hydrogen-bond donors (Lipinski definition) is 1. The summed E-state index contributed by atoms with van der Waals surface area (Å²) in [6.07, 6.45) is 10.3. The minimum atomic E-state index is 0.773.